The predicted octanol–water partition coefficient (Wildman–Crippen LogP) is 1.32. The summed E-state index contributed by atoms with van der Waals surface area (Å²) >= 11 is 0. The van der Waals surface area contributed by atoms with E-state index >= 15 is 0 Å². The van der Waals surface area contributed by atoms with Crippen LogP contribution < -0.4 is 16.5 Å². The number of fused-ring (bicyclic) bond motifs is 1. The van der Waals surface area contributed by atoms with E-state index in [1.54, 1.807) is 29.7 Å². The van der Waals surface area contributed by atoms with Gasteiger partial charge in [0.25, 0.3) is 0 Å². The highest BCUT2D eigenvalue weighted by Crippen LogP contribution is 2.30. The summed E-state index contributed by atoms with van der Waals surface area (Å²) in [5.74, 6) is 6.56. The van der Waals surface area contributed by atoms with Crippen molar-refractivity contribution >= 4 is 16.7 Å². The van der Waals surface area contributed by atoms with Crippen LogP contribution in [0.15, 0.2) is 36.9 Å². The Kier molecular flexibility index (Phi) is 4.49. The zero-order valence-corrected chi connectivity index (χ0v) is 13.6. The van der Waals surface area contributed by atoms with Gasteiger partial charge >= 0.3 is 0 Å². The lowest BCUT2D eigenvalue weighted by Crippen LogP contribution is -2.51. The quantitative estimate of drug-likeness (QED) is 0.648. The molecular formula is C17H21N7. The van der Waals surface area contributed by atoms with Gasteiger partial charge in [-0.15, -0.1) is 0 Å². The van der Waals surface area contributed by atoms with Crippen molar-refractivity contribution in [2.24, 2.45) is 17.5 Å². The van der Waals surface area contributed by atoms with Crippen molar-refractivity contribution in [2.75, 3.05) is 18.0 Å². The van der Waals surface area contributed by atoms with E-state index in [0.717, 1.165) is 30.7 Å². The highest BCUT2D eigenvalue weighted by molar-refractivity contribution is 5.92. The molecule has 0 bridgehead atoms. The molecule has 1 aromatic heterocycles. The fourth-order valence-electron chi connectivity index (χ4n) is 3.34. The van der Waals surface area contributed by atoms with Gasteiger partial charge in [-0.05, 0) is 24.5 Å². The van der Waals surface area contributed by atoms with Crippen LogP contribution in [0.25, 0.3) is 11.0 Å². The second kappa shape index (κ2) is 6.72. The first kappa shape index (κ1) is 16.0. The molecule has 124 valence electrons. The number of hydrogen-bond donors (Lipinski definition) is 2. The van der Waals surface area contributed by atoms with Crippen molar-refractivity contribution in [2.45, 2.75) is 19.4 Å². The van der Waals surface area contributed by atoms with E-state index in [1.165, 1.54) is 6.20 Å². The van der Waals surface area contributed by atoms with E-state index in [9.17, 15) is 5.26 Å². The molecular weight excluding hydrogens is 302 g/mol. The summed E-state index contributed by atoms with van der Waals surface area (Å²) in [5, 5.41) is 10.9. The average Bonchev–Trinajstić information content (AvgIpc) is 2.60. The third-order valence-corrected chi connectivity index (χ3v) is 4.38. The molecule has 0 spiro atoms. The summed E-state index contributed by atoms with van der Waals surface area (Å²) in [5.41, 5.74) is 8.37. The molecule has 1 saturated heterocycles. The van der Waals surface area contributed by atoms with Gasteiger partial charge in [0.15, 0.2) is 0 Å². The molecule has 0 radical (unpaired) electrons. The molecule has 2 unspecified atom stereocenters. The zero-order chi connectivity index (χ0) is 17.1. The molecule has 24 heavy (non-hydrogen) atoms. The first-order valence-electron chi connectivity index (χ1n) is 7.94. The summed E-state index contributed by atoms with van der Waals surface area (Å²) in [6.45, 7) is 3.88. The minimum absolute atomic E-state index is 0.163. The van der Waals surface area contributed by atoms with E-state index < -0.39 is 0 Å². The molecule has 0 amide bonds. The maximum absolute atomic E-state index is 9.28. The van der Waals surface area contributed by atoms with Gasteiger partial charge in [-0.3, -0.25) is 9.97 Å². The Hall–Kier alpha value is -2.85. The highest BCUT2D eigenvalue weighted by Gasteiger charge is 2.28. The number of nitrogens with zero attached hydrogens (tertiary/aromatic N) is 5. The lowest BCUT2D eigenvalue weighted by atomic mass is 9.94. The maximum Gasteiger partial charge on any atom is 0.113 e. The van der Waals surface area contributed by atoms with Crippen LogP contribution in [0.3, 0.4) is 0 Å². The lowest BCUT2D eigenvalue weighted by Gasteiger charge is -2.41. The Bertz CT molecular complexity index is 795. The molecule has 1 fully saturated rings. The Balaban J connectivity index is 1.99. The molecule has 0 aliphatic carbocycles. The second-order valence-corrected chi connectivity index (χ2v) is 6.19. The van der Waals surface area contributed by atoms with Crippen molar-refractivity contribution in [3.05, 3.63) is 42.5 Å². The maximum atomic E-state index is 9.28. The first-order chi connectivity index (χ1) is 11.6. The molecule has 4 N–H and O–H groups in total. The molecule has 7 heteroatoms. The topological polar surface area (TPSA) is 108 Å². The normalized spacial score (nSPS) is 21.1. The van der Waals surface area contributed by atoms with Crippen LogP contribution >= 0.6 is 0 Å². The zero-order valence-electron chi connectivity index (χ0n) is 13.6. The highest BCUT2D eigenvalue weighted by atomic mass is 15.4. The molecule has 1 aliphatic heterocycles. The van der Waals surface area contributed by atoms with Crippen molar-refractivity contribution in [3.63, 3.8) is 0 Å². The number of hydrogen-bond acceptors (Lipinski definition) is 7. The minimum atomic E-state index is 0.163. The summed E-state index contributed by atoms with van der Waals surface area (Å²) in [6, 6.07) is 6.10. The smallest absolute Gasteiger partial charge is 0.113 e. The van der Waals surface area contributed by atoms with Crippen LogP contribution in [-0.2, 0) is 0 Å². The van der Waals surface area contributed by atoms with Crippen LogP contribution in [0.2, 0.25) is 0 Å². The van der Waals surface area contributed by atoms with Gasteiger partial charge in [0.1, 0.15) is 17.1 Å². The predicted molar refractivity (Wildman–Crippen MR) is 93.4 cm³/mol. The van der Waals surface area contributed by atoms with Crippen molar-refractivity contribution in [1.82, 2.24) is 15.0 Å². The van der Waals surface area contributed by atoms with E-state index in [-0.39, 0.29) is 6.04 Å². The van der Waals surface area contributed by atoms with Crippen LogP contribution in [0.5, 0.6) is 0 Å². The molecule has 1 aliphatic rings. The van der Waals surface area contributed by atoms with Crippen LogP contribution in [-0.4, -0.2) is 34.1 Å². The molecule has 2 heterocycles. The average molecular weight is 323 g/mol. The molecule has 0 saturated carbocycles. The second-order valence-electron chi connectivity index (χ2n) is 6.19. The largest absolute Gasteiger partial charge is 0.403 e. The Morgan fingerprint density at radius 3 is 2.75 bits per heavy atom. The molecule has 3 rings (SSSR count). The van der Waals surface area contributed by atoms with Crippen LogP contribution in [0.4, 0.5) is 5.69 Å². The molecule has 1 aromatic carbocycles. The standard InChI is InChI=1S/C17H21N7/c1-12-8-14(24(20)7-4-18)11-23(10-12)15-3-2-13(9-19)16-17(15)22-6-5-21-16/h2-7,12,14H,8,10-11,18,20H2,1H3/b7-4-. The molecule has 7 nitrogen and oxygen atoms in total. The van der Waals surface area contributed by atoms with E-state index in [1.807, 2.05) is 6.07 Å². The fraction of sp³-hybridized carbons (Fsp3) is 0.353. The van der Waals surface area contributed by atoms with Crippen LogP contribution in [0.1, 0.15) is 18.9 Å². The fourth-order valence-corrected chi connectivity index (χ4v) is 3.34. The summed E-state index contributed by atoms with van der Waals surface area (Å²) < 4.78 is 0. The number of nitrogens with two attached hydrogens (primary N) is 2. The van der Waals surface area contributed by atoms with Gasteiger partial charge in [0.05, 0.1) is 17.3 Å². The van der Waals surface area contributed by atoms with Crippen molar-refractivity contribution < 1.29 is 0 Å². The number of hydrazine groups is 1. The Morgan fingerprint density at radius 1 is 1.29 bits per heavy atom. The monoisotopic (exact) mass is 323 g/mol. The number of nitriles is 1. The summed E-state index contributed by atoms with van der Waals surface area (Å²) in [7, 11) is 0. The first-order valence-corrected chi connectivity index (χ1v) is 7.94. The van der Waals surface area contributed by atoms with Gasteiger partial charge in [0.2, 0.25) is 0 Å². The van der Waals surface area contributed by atoms with Gasteiger partial charge in [0, 0.05) is 37.9 Å². The van der Waals surface area contributed by atoms with Crippen molar-refractivity contribution in [1.29, 1.82) is 5.26 Å². The number of anilines is 1. The Labute approximate surface area is 141 Å². The third-order valence-electron chi connectivity index (χ3n) is 4.38. The summed E-state index contributed by atoms with van der Waals surface area (Å²) in [4.78, 5) is 11.1. The SMILES string of the molecule is CC1CC(N(N)/C=C\N)CN(c2ccc(C#N)c3nccnc23)C1. The van der Waals surface area contributed by atoms with Crippen molar-refractivity contribution in [3.8, 4) is 6.07 Å². The van der Waals surface area contributed by atoms with E-state index in [2.05, 4.69) is 27.9 Å². The molecule has 2 aromatic rings. The van der Waals surface area contributed by atoms with Gasteiger partial charge < -0.3 is 15.6 Å². The number of benzene rings is 1. The Morgan fingerprint density at radius 2 is 2.04 bits per heavy atom. The van der Waals surface area contributed by atoms with Gasteiger partial charge in [-0.2, -0.15) is 5.26 Å². The minimum Gasteiger partial charge on any atom is -0.403 e. The summed E-state index contributed by atoms with van der Waals surface area (Å²) in [6.07, 6.45) is 7.41. The number of piperidine rings is 1. The van der Waals surface area contributed by atoms with E-state index in [0.29, 0.717) is 17.0 Å². The lowest BCUT2D eigenvalue weighted by molar-refractivity contribution is 0.219. The van der Waals surface area contributed by atoms with E-state index in [4.69, 9.17) is 11.6 Å². The van der Waals surface area contributed by atoms with Gasteiger partial charge in [-0.1, -0.05) is 6.92 Å². The van der Waals surface area contributed by atoms with Gasteiger partial charge in [-0.25, -0.2) is 5.84 Å². The number of rotatable bonds is 3. The molecule has 2 atom stereocenters. The van der Waals surface area contributed by atoms with Crippen LogP contribution in [0, 0.1) is 17.2 Å². The number of aromatic nitrogens is 2. The third kappa shape index (κ3) is 2.96.